The van der Waals surface area contributed by atoms with Crippen molar-refractivity contribution < 1.29 is 13.2 Å². The Morgan fingerprint density at radius 2 is 1.67 bits per heavy atom. The highest BCUT2D eigenvalue weighted by atomic mass is 32.2. The van der Waals surface area contributed by atoms with Crippen molar-refractivity contribution in [1.82, 2.24) is 4.57 Å². The standard InChI is InChI=1S/C24H23N3O4S2/c1-16(2)27-21-14-11-18(15-22(21)32-24(27)29)25-23(28)17-9-12-19(13-10-17)26(3)33(30,31)20-7-5-4-6-8-20/h4-16H,1-3H3,(H,25,28). The van der Waals surface area contributed by atoms with E-state index in [9.17, 15) is 18.0 Å². The molecule has 170 valence electrons. The second-order valence-corrected chi connectivity index (χ2v) is 10.8. The molecule has 9 heteroatoms. The summed E-state index contributed by atoms with van der Waals surface area (Å²) >= 11 is 1.14. The molecule has 33 heavy (non-hydrogen) atoms. The van der Waals surface area contributed by atoms with Gasteiger partial charge in [-0.3, -0.25) is 18.5 Å². The number of carbonyl (C=O) groups is 1. The number of carbonyl (C=O) groups excluding carboxylic acids is 1. The van der Waals surface area contributed by atoms with Crippen LogP contribution in [0.25, 0.3) is 10.2 Å². The fourth-order valence-electron chi connectivity index (χ4n) is 3.52. The number of hydrogen-bond acceptors (Lipinski definition) is 5. The van der Waals surface area contributed by atoms with Crippen LogP contribution in [-0.4, -0.2) is 25.9 Å². The zero-order chi connectivity index (χ0) is 23.8. The summed E-state index contributed by atoms with van der Waals surface area (Å²) in [6.45, 7) is 3.91. The summed E-state index contributed by atoms with van der Waals surface area (Å²) < 4.78 is 29.3. The van der Waals surface area contributed by atoms with Crippen molar-refractivity contribution in [3.05, 3.63) is 88.0 Å². The molecule has 0 atom stereocenters. The quantitative estimate of drug-likeness (QED) is 0.432. The maximum Gasteiger partial charge on any atom is 0.308 e. The molecule has 7 nitrogen and oxygen atoms in total. The Labute approximate surface area is 196 Å². The zero-order valence-electron chi connectivity index (χ0n) is 18.3. The van der Waals surface area contributed by atoms with Gasteiger partial charge in [0.15, 0.2) is 0 Å². The third-order valence-electron chi connectivity index (χ3n) is 5.28. The van der Waals surface area contributed by atoms with Crippen LogP contribution in [0.3, 0.4) is 0 Å². The third kappa shape index (κ3) is 4.42. The molecule has 4 aromatic rings. The van der Waals surface area contributed by atoms with Crippen LogP contribution < -0.4 is 14.5 Å². The highest BCUT2D eigenvalue weighted by Crippen LogP contribution is 2.25. The van der Waals surface area contributed by atoms with Gasteiger partial charge < -0.3 is 5.32 Å². The summed E-state index contributed by atoms with van der Waals surface area (Å²) in [4.78, 5) is 25.1. The predicted octanol–water partition coefficient (Wildman–Crippen LogP) is 4.72. The first-order chi connectivity index (χ1) is 15.7. The molecule has 0 fully saturated rings. The molecule has 0 spiro atoms. The van der Waals surface area contributed by atoms with E-state index in [1.165, 1.54) is 23.5 Å². The summed E-state index contributed by atoms with van der Waals surface area (Å²) in [7, 11) is -2.22. The number of anilines is 2. The number of nitrogens with one attached hydrogen (secondary N) is 1. The second-order valence-electron chi connectivity index (χ2n) is 7.80. The molecule has 0 aliphatic rings. The van der Waals surface area contributed by atoms with E-state index in [2.05, 4.69) is 5.32 Å². The molecule has 1 aromatic heterocycles. The van der Waals surface area contributed by atoms with Crippen LogP contribution in [0.5, 0.6) is 0 Å². The molecular weight excluding hydrogens is 458 g/mol. The van der Waals surface area contributed by atoms with E-state index in [1.54, 1.807) is 59.2 Å². The lowest BCUT2D eigenvalue weighted by molar-refractivity contribution is 0.102. The number of rotatable bonds is 6. The summed E-state index contributed by atoms with van der Waals surface area (Å²) in [6.07, 6.45) is 0. The van der Waals surface area contributed by atoms with Gasteiger partial charge in [-0.2, -0.15) is 0 Å². The van der Waals surface area contributed by atoms with Gasteiger partial charge in [0, 0.05) is 24.3 Å². The van der Waals surface area contributed by atoms with Crippen LogP contribution in [0.15, 0.2) is 82.5 Å². The lowest BCUT2D eigenvalue weighted by atomic mass is 10.2. The number of amides is 1. The summed E-state index contributed by atoms with van der Waals surface area (Å²) in [6, 6.07) is 19.9. The minimum atomic E-state index is -3.70. The third-order valence-corrected chi connectivity index (χ3v) is 8.00. The van der Waals surface area contributed by atoms with Gasteiger partial charge in [-0.05, 0) is 68.4 Å². The van der Waals surface area contributed by atoms with E-state index in [4.69, 9.17) is 0 Å². The van der Waals surface area contributed by atoms with Crippen molar-refractivity contribution in [1.29, 1.82) is 0 Å². The van der Waals surface area contributed by atoms with Gasteiger partial charge in [-0.25, -0.2) is 8.42 Å². The first-order valence-electron chi connectivity index (χ1n) is 10.3. The normalized spacial score (nSPS) is 11.6. The molecule has 0 unspecified atom stereocenters. The largest absolute Gasteiger partial charge is 0.322 e. The van der Waals surface area contributed by atoms with Crippen LogP contribution in [0.2, 0.25) is 0 Å². The van der Waals surface area contributed by atoms with Gasteiger partial charge in [0.2, 0.25) is 0 Å². The Morgan fingerprint density at radius 1 is 1.00 bits per heavy atom. The van der Waals surface area contributed by atoms with Crippen molar-refractivity contribution in [2.75, 3.05) is 16.7 Å². The maximum absolute atomic E-state index is 12.8. The van der Waals surface area contributed by atoms with Gasteiger partial charge in [0.05, 0.1) is 20.8 Å². The minimum absolute atomic E-state index is 0.0337. The first-order valence-corrected chi connectivity index (χ1v) is 12.5. The van der Waals surface area contributed by atoms with Crippen LogP contribution in [0, 0.1) is 0 Å². The molecule has 0 bridgehead atoms. The van der Waals surface area contributed by atoms with Crippen molar-refractivity contribution in [2.24, 2.45) is 0 Å². The van der Waals surface area contributed by atoms with E-state index in [-0.39, 0.29) is 21.7 Å². The SMILES string of the molecule is CC(C)n1c(=O)sc2cc(NC(=O)c3ccc(N(C)S(=O)(=O)c4ccccc4)cc3)ccc21. The zero-order valence-corrected chi connectivity index (χ0v) is 20.0. The fourth-order valence-corrected chi connectivity index (χ4v) is 5.79. The lowest BCUT2D eigenvalue weighted by Gasteiger charge is -2.19. The van der Waals surface area contributed by atoms with Gasteiger partial charge in [0.25, 0.3) is 15.9 Å². The summed E-state index contributed by atoms with van der Waals surface area (Å²) in [5, 5.41) is 2.84. The molecule has 0 aliphatic carbocycles. The van der Waals surface area contributed by atoms with E-state index in [0.29, 0.717) is 16.9 Å². The fraction of sp³-hybridized carbons (Fsp3) is 0.167. The smallest absolute Gasteiger partial charge is 0.308 e. The highest BCUT2D eigenvalue weighted by molar-refractivity contribution is 7.92. The molecule has 4 rings (SSSR count). The number of nitrogens with zero attached hydrogens (tertiary/aromatic N) is 2. The van der Waals surface area contributed by atoms with E-state index in [1.807, 2.05) is 19.9 Å². The van der Waals surface area contributed by atoms with E-state index >= 15 is 0 Å². The Morgan fingerprint density at radius 3 is 2.30 bits per heavy atom. The number of hydrogen-bond donors (Lipinski definition) is 1. The number of sulfonamides is 1. The number of fused-ring (bicyclic) bond motifs is 1. The number of aromatic nitrogens is 1. The van der Waals surface area contributed by atoms with E-state index < -0.39 is 10.0 Å². The molecule has 3 aromatic carbocycles. The molecule has 0 radical (unpaired) electrons. The lowest BCUT2D eigenvalue weighted by Crippen LogP contribution is -2.26. The van der Waals surface area contributed by atoms with Gasteiger partial charge in [-0.15, -0.1) is 0 Å². The van der Waals surface area contributed by atoms with Crippen molar-refractivity contribution in [3.8, 4) is 0 Å². The monoisotopic (exact) mass is 481 g/mol. The Hall–Kier alpha value is -3.43. The first kappa shape index (κ1) is 22.8. The molecule has 0 saturated heterocycles. The Kier molecular flexibility index (Phi) is 6.09. The van der Waals surface area contributed by atoms with Gasteiger partial charge >= 0.3 is 4.87 Å². The van der Waals surface area contributed by atoms with Crippen molar-refractivity contribution >= 4 is 48.9 Å². The summed E-state index contributed by atoms with van der Waals surface area (Å²) in [5.74, 6) is -0.329. The van der Waals surface area contributed by atoms with Crippen molar-refractivity contribution in [3.63, 3.8) is 0 Å². The van der Waals surface area contributed by atoms with Gasteiger partial charge in [0.1, 0.15) is 0 Å². The molecular formula is C24H23N3O4S2. The van der Waals surface area contributed by atoms with E-state index in [0.717, 1.165) is 21.6 Å². The van der Waals surface area contributed by atoms with Gasteiger partial charge in [-0.1, -0.05) is 29.5 Å². The average molecular weight is 482 g/mol. The molecule has 1 N–H and O–H groups in total. The molecule has 1 amide bonds. The average Bonchev–Trinajstić information content (AvgIpc) is 3.14. The topological polar surface area (TPSA) is 88.5 Å². The predicted molar refractivity (Wildman–Crippen MR) is 133 cm³/mol. The second kappa shape index (κ2) is 8.84. The number of thiazole rings is 1. The number of benzene rings is 3. The molecule has 1 heterocycles. The Balaban J connectivity index is 1.52. The highest BCUT2D eigenvalue weighted by Gasteiger charge is 2.21. The summed E-state index contributed by atoms with van der Waals surface area (Å²) in [5.41, 5.74) is 2.25. The Bertz CT molecular complexity index is 1470. The molecule has 0 aliphatic heterocycles. The molecule has 0 saturated carbocycles. The maximum atomic E-state index is 12.8. The van der Waals surface area contributed by atoms with Crippen LogP contribution in [-0.2, 0) is 10.0 Å². The van der Waals surface area contributed by atoms with Crippen LogP contribution in [0.1, 0.15) is 30.2 Å². The van der Waals surface area contributed by atoms with Crippen LogP contribution in [0.4, 0.5) is 11.4 Å². The minimum Gasteiger partial charge on any atom is -0.322 e. The van der Waals surface area contributed by atoms with Crippen LogP contribution >= 0.6 is 11.3 Å². The van der Waals surface area contributed by atoms with Crippen molar-refractivity contribution in [2.45, 2.75) is 24.8 Å².